The number of rotatable bonds is 7. The van der Waals surface area contributed by atoms with Gasteiger partial charge in [0.25, 0.3) is 0 Å². The minimum atomic E-state index is -0.348. The lowest BCUT2D eigenvalue weighted by molar-refractivity contribution is 0.167. The van der Waals surface area contributed by atoms with Gasteiger partial charge in [0.05, 0.1) is 24.7 Å². The predicted octanol–water partition coefficient (Wildman–Crippen LogP) is 0.994. The van der Waals surface area contributed by atoms with Gasteiger partial charge in [-0.15, -0.1) is 0 Å². The van der Waals surface area contributed by atoms with E-state index < -0.39 is 0 Å². The number of aromatic nitrogens is 2. The van der Waals surface area contributed by atoms with E-state index in [4.69, 9.17) is 10.8 Å². The zero-order valence-corrected chi connectivity index (χ0v) is 11.9. The van der Waals surface area contributed by atoms with Crippen LogP contribution in [0.5, 0.6) is 0 Å². The largest absolute Gasteiger partial charge is 0.394 e. The Bertz CT molecular complexity index is 341. The van der Waals surface area contributed by atoms with Crippen molar-refractivity contribution in [2.45, 2.75) is 52.4 Å². The molecule has 0 aliphatic carbocycles. The second-order valence-corrected chi connectivity index (χ2v) is 5.23. The van der Waals surface area contributed by atoms with Crippen LogP contribution in [0.1, 0.15) is 39.4 Å². The van der Waals surface area contributed by atoms with E-state index in [1.807, 2.05) is 4.57 Å². The third-order valence-corrected chi connectivity index (χ3v) is 3.25. The molecule has 1 heterocycles. The van der Waals surface area contributed by atoms with Crippen molar-refractivity contribution in [3.05, 3.63) is 18.2 Å². The first-order valence-electron chi connectivity index (χ1n) is 6.59. The number of hydrogen-bond donors (Lipinski definition) is 2. The smallest absolute Gasteiger partial charge is 0.0949 e. The van der Waals surface area contributed by atoms with Gasteiger partial charge in [-0.2, -0.15) is 0 Å². The summed E-state index contributed by atoms with van der Waals surface area (Å²) in [6.07, 6.45) is 3.51. The molecule has 5 heteroatoms. The Hall–Kier alpha value is -0.910. The quantitative estimate of drug-likeness (QED) is 0.761. The summed E-state index contributed by atoms with van der Waals surface area (Å²) in [5.41, 5.74) is 6.73. The van der Waals surface area contributed by atoms with Gasteiger partial charge in [-0.05, 0) is 27.7 Å². The van der Waals surface area contributed by atoms with Crippen LogP contribution in [0.2, 0.25) is 0 Å². The second-order valence-electron chi connectivity index (χ2n) is 5.23. The highest BCUT2D eigenvalue weighted by molar-refractivity contribution is 5.04. The van der Waals surface area contributed by atoms with Crippen LogP contribution in [0.3, 0.4) is 0 Å². The molecule has 3 N–H and O–H groups in total. The molecule has 0 amide bonds. The first-order valence-corrected chi connectivity index (χ1v) is 6.59. The monoisotopic (exact) mass is 254 g/mol. The van der Waals surface area contributed by atoms with E-state index in [9.17, 15) is 0 Å². The molecule has 18 heavy (non-hydrogen) atoms. The van der Waals surface area contributed by atoms with Crippen molar-refractivity contribution in [3.8, 4) is 0 Å². The van der Waals surface area contributed by atoms with Crippen molar-refractivity contribution < 1.29 is 5.11 Å². The van der Waals surface area contributed by atoms with E-state index >= 15 is 0 Å². The average molecular weight is 254 g/mol. The van der Waals surface area contributed by atoms with Gasteiger partial charge < -0.3 is 15.4 Å². The van der Waals surface area contributed by atoms with E-state index in [0.29, 0.717) is 12.1 Å². The maximum Gasteiger partial charge on any atom is 0.0949 e. The molecule has 1 atom stereocenters. The fourth-order valence-electron chi connectivity index (χ4n) is 2.26. The zero-order valence-electron chi connectivity index (χ0n) is 11.9. The molecular formula is C13H26N4O. The molecule has 0 aliphatic rings. The maximum absolute atomic E-state index is 9.11. The molecular weight excluding hydrogens is 228 g/mol. The lowest BCUT2D eigenvalue weighted by Gasteiger charge is -2.30. The van der Waals surface area contributed by atoms with Crippen molar-refractivity contribution in [2.24, 2.45) is 5.73 Å². The summed E-state index contributed by atoms with van der Waals surface area (Å²) in [4.78, 5) is 6.54. The topological polar surface area (TPSA) is 67.3 Å². The van der Waals surface area contributed by atoms with Crippen LogP contribution in [0.4, 0.5) is 0 Å². The Morgan fingerprint density at radius 2 is 1.94 bits per heavy atom. The molecule has 0 bridgehead atoms. The molecule has 5 nitrogen and oxygen atoms in total. The highest BCUT2D eigenvalue weighted by atomic mass is 16.3. The molecule has 0 saturated carbocycles. The summed E-state index contributed by atoms with van der Waals surface area (Å²) in [5.74, 6) is 0. The zero-order chi connectivity index (χ0) is 13.7. The summed E-state index contributed by atoms with van der Waals surface area (Å²) in [7, 11) is 0. The molecule has 0 fully saturated rings. The van der Waals surface area contributed by atoms with Gasteiger partial charge in [0.2, 0.25) is 0 Å². The van der Waals surface area contributed by atoms with Crippen molar-refractivity contribution in [1.82, 2.24) is 14.5 Å². The van der Waals surface area contributed by atoms with Gasteiger partial charge in [0, 0.05) is 31.4 Å². The molecule has 1 aromatic heterocycles. The van der Waals surface area contributed by atoms with E-state index in [1.54, 1.807) is 12.5 Å². The van der Waals surface area contributed by atoms with Crippen LogP contribution in [0, 0.1) is 0 Å². The number of imidazole rings is 1. The van der Waals surface area contributed by atoms with Crippen molar-refractivity contribution >= 4 is 0 Å². The Balaban J connectivity index is 2.65. The van der Waals surface area contributed by atoms with Gasteiger partial charge in [-0.25, -0.2) is 4.98 Å². The normalized spacial score (nSPS) is 13.8. The number of aliphatic hydroxyl groups excluding tert-OH is 1. The highest BCUT2D eigenvalue weighted by Crippen LogP contribution is 2.11. The average Bonchev–Trinajstić information content (AvgIpc) is 2.75. The third-order valence-electron chi connectivity index (χ3n) is 3.25. The number of aliphatic hydroxyl groups is 1. The van der Waals surface area contributed by atoms with Crippen molar-refractivity contribution in [3.63, 3.8) is 0 Å². The Labute approximate surface area is 110 Å². The minimum Gasteiger partial charge on any atom is -0.394 e. The first-order chi connectivity index (χ1) is 8.47. The lowest BCUT2D eigenvalue weighted by atomic mass is 10.2. The predicted molar refractivity (Wildman–Crippen MR) is 73.2 cm³/mol. The van der Waals surface area contributed by atoms with E-state index in [-0.39, 0.29) is 12.6 Å². The standard InChI is InChI=1S/C13H26N4O/c1-10(2)17(11(3)4)6-5-16-9-15-7-13(16)12(14)8-18/h7,9-12,18H,5-6,8,14H2,1-4H3. The van der Waals surface area contributed by atoms with Crippen LogP contribution in [0.15, 0.2) is 12.5 Å². The van der Waals surface area contributed by atoms with Gasteiger partial charge in [0.15, 0.2) is 0 Å². The Morgan fingerprint density at radius 1 is 1.33 bits per heavy atom. The van der Waals surface area contributed by atoms with E-state index in [1.165, 1.54) is 0 Å². The van der Waals surface area contributed by atoms with Crippen LogP contribution >= 0.6 is 0 Å². The number of hydrogen-bond acceptors (Lipinski definition) is 4. The molecule has 104 valence electrons. The van der Waals surface area contributed by atoms with E-state index in [0.717, 1.165) is 18.8 Å². The molecule has 1 aromatic rings. The van der Waals surface area contributed by atoms with Crippen molar-refractivity contribution in [2.75, 3.05) is 13.2 Å². The van der Waals surface area contributed by atoms with E-state index in [2.05, 4.69) is 37.6 Å². The Kier molecular flexibility index (Phi) is 5.78. The van der Waals surface area contributed by atoms with Crippen LogP contribution in [0.25, 0.3) is 0 Å². The molecule has 0 saturated heterocycles. The molecule has 0 radical (unpaired) electrons. The first kappa shape index (κ1) is 15.1. The number of nitrogens with zero attached hydrogens (tertiary/aromatic N) is 3. The summed E-state index contributed by atoms with van der Waals surface area (Å²) in [5, 5.41) is 9.11. The molecule has 1 unspecified atom stereocenters. The van der Waals surface area contributed by atoms with Gasteiger partial charge in [0.1, 0.15) is 0 Å². The maximum atomic E-state index is 9.11. The minimum absolute atomic E-state index is 0.0518. The SMILES string of the molecule is CC(C)N(CCn1cncc1C(N)CO)C(C)C. The summed E-state index contributed by atoms with van der Waals surface area (Å²) in [6, 6.07) is 0.686. The highest BCUT2D eigenvalue weighted by Gasteiger charge is 2.15. The Morgan fingerprint density at radius 3 is 2.44 bits per heavy atom. The third kappa shape index (κ3) is 3.80. The second kappa shape index (κ2) is 6.87. The molecule has 0 aliphatic heterocycles. The molecule has 1 rings (SSSR count). The van der Waals surface area contributed by atoms with Crippen LogP contribution < -0.4 is 5.73 Å². The fourth-order valence-corrected chi connectivity index (χ4v) is 2.26. The van der Waals surface area contributed by atoms with Crippen LogP contribution in [-0.4, -0.2) is 44.8 Å². The van der Waals surface area contributed by atoms with Crippen molar-refractivity contribution in [1.29, 1.82) is 0 Å². The fraction of sp³-hybridized carbons (Fsp3) is 0.769. The lowest BCUT2D eigenvalue weighted by Crippen LogP contribution is -2.39. The summed E-state index contributed by atoms with van der Waals surface area (Å²) >= 11 is 0. The summed E-state index contributed by atoms with van der Waals surface area (Å²) < 4.78 is 2.03. The number of nitrogens with two attached hydrogens (primary N) is 1. The van der Waals surface area contributed by atoms with Gasteiger partial charge in [-0.3, -0.25) is 4.90 Å². The van der Waals surface area contributed by atoms with Gasteiger partial charge >= 0.3 is 0 Å². The summed E-state index contributed by atoms with van der Waals surface area (Å²) in [6.45, 7) is 10.6. The molecule has 0 spiro atoms. The van der Waals surface area contributed by atoms with Crippen LogP contribution in [-0.2, 0) is 6.54 Å². The van der Waals surface area contributed by atoms with Gasteiger partial charge in [-0.1, -0.05) is 0 Å². The molecule has 0 aromatic carbocycles.